The smallest absolute Gasteiger partial charge is 0.317 e. The van der Waals surface area contributed by atoms with Crippen LogP contribution in [0.4, 0.5) is 16.2 Å². The molecule has 2 saturated heterocycles. The first-order valence-electron chi connectivity index (χ1n) is 9.44. The standard InChI is InChI=1S/C17H25N5O6S/c23-17(18-5-14-29(26,27)21-10-12-28-13-11-21)20-8-6-19(7-9-20)15-1-3-16(4-2-15)22(24)25/h1-4H,5-14H2,(H,18,23). The summed E-state index contributed by atoms with van der Waals surface area (Å²) in [4.78, 5) is 26.3. The maximum Gasteiger partial charge on any atom is 0.317 e. The van der Waals surface area contributed by atoms with Crippen LogP contribution in [0.15, 0.2) is 24.3 Å². The number of hydrogen-bond donors (Lipinski definition) is 1. The average molecular weight is 427 g/mol. The molecular formula is C17H25N5O6S. The highest BCUT2D eigenvalue weighted by atomic mass is 32.2. The number of carbonyl (C=O) groups is 1. The van der Waals surface area contributed by atoms with Gasteiger partial charge >= 0.3 is 6.03 Å². The van der Waals surface area contributed by atoms with Crippen molar-refractivity contribution in [1.29, 1.82) is 0 Å². The van der Waals surface area contributed by atoms with E-state index in [9.17, 15) is 23.3 Å². The van der Waals surface area contributed by atoms with Crippen molar-refractivity contribution < 1.29 is 22.9 Å². The molecule has 3 rings (SSSR count). The summed E-state index contributed by atoms with van der Waals surface area (Å²) < 4.78 is 31.1. The zero-order valence-electron chi connectivity index (χ0n) is 16.0. The first-order valence-corrected chi connectivity index (χ1v) is 11.1. The van der Waals surface area contributed by atoms with E-state index >= 15 is 0 Å². The molecule has 160 valence electrons. The topological polar surface area (TPSA) is 125 Å². The van der Waals surface area contributed by atoms with Gasteiger partial charge in [0.2, 0.25) is 10.0 Å². The maximum absolute atomic E-state index is 12.3. The summed E-state index contributed by atoms with van der Waals surface area (Å²) >= 11 is 0. The monoisotopic (exact) mass is 427 g/mol. The highest BCUT2D eigenvalue weighted by Gasteiger charge is 2.25. The van der Waals surface area contributed by atoms with Gasteiger partial charge in [-0.05, 0) is 12.1 Å². The number of amides is 2. The number of piperazine rings is 1. The van der Waals surface area contributed by atoms with Crippen molar-refractivity contribution in [3.8, 4) is 0 Å². The molecular weight excluding hydrogens is 402 g/mol. The number of nitrogens with one attached hydrogen (secondary N) is 1. The molecule has 2 amide bonds. The summed E-state index contributed by atoms with van der Waals surface area (Å²) in [5, 5.41) is 13.4. The molecule has 0 aliphatic carbocycles. The molecule has 2 aliphatic heterocycles. The Morgan fingerprint density at radius 3 is 2.28 bits per heavy atom. The van der Waals surface area contributed by atoms with Gasteiger partial charge in [0.05, 0.1) is 23.9 Å². The summed E-state index contributed by atoms with van der Waals surface area (Å²) in [6.07, 6.45) is 0. The van der Waals surface area contributed by atoms with E-state index in [0.717, 1.165) is 5.69 Å². The fourth-order valence-corrected chi connectivity index (χ4v) is 4.63. The largest absolute Gasteiger partial charge is 0.379 e. The van der Waals surface area contributed by atoms with E-state index in [2.05, 4.69) is 10.2 Å². The Kier molecular flexibility index (Phi) is 6.87. The molecule has 0 spiro atoms. The lowest BCUT2D eigenvalue weighted by molar-refractivity contribution is -0.384. The van der Waals surface area contributed by atoms with Crippen LogP contribution in [0, 0.1) is 10.1 Å². The second-order valence-corrected chi connectivity index (χ2v) is 8.90. The molecule has 0 radical (unpaired) electrons. The number of anilines is 1. The van der Waals surface area contributed by atoms with E-state index < -0.39 is 14.9 Å². The fraction of sp³-hybridized carbons (Fsp3) is 0.588. The number of nitrogens with zero attached hydrogens (tertiary/aromatic N) is 4. The molecule has 2 fully saturated rings. The average Bonchev–Trinajstić information content (AvgIpc) is 2.74. The second-order valence-electron chi connectivity index (χ2n) is 6.81. The quantitative estimate of drug-likeness (QED) is 0.504. The van der Waals surface area contributed by atoms with E-state index in [1.807, 2.05) is 0 Å². The van der Waals surface area contributed by atoms with Crippen molar-refractivity contribution in [3.05, 3.63) is 34.4 Å². The Balaban J connectivity index is 1.42. The number of ether oxygens (including phenoxy) is 1. The van der Waals surface area contributed by atoms with Gasteiger partial charge in [-0.15, -0.1) is 0 Å². The third-order valence-electron chi connectivity index (χ3n) is 4.99. The van der Waals surface area contributed by atoms with Crippen LogP contribution in [0.2, 0.25) is 0 Å². The van der Waals surface area contributed by atoms with E-state index in [4.69, 9.17) is 4.74 Å². The Hall–Kier alpha value is -2.44. The number of rotatable bonds is 6. The van der Waals surface area contributed by atoms with E-state index in [1.54, 1.807) is 17.0 Å². The minimum absolute atomic E-state index is 0.0406. The van der Waals surface area contributed by atoms with Gasteiger partial charge in [0.1, 0.15) is 0 Å². The number of non-ortho nitro benzene ring substituents is 1. The number of sulfonamides is 1. The number of nitro groups is 1. The molecule has 0 unspecified atom stereocenters. The lowest BCUT2D eigenvalue weighted by atomic mass is 10.2. The van der Waals surface area contributed by atoms with Gasteiger partial charge in [-0.25, -0.2) is 13.2 Å². The van der Waals surface area contributed by atoms with Gasteiger partial charge in [-0.1, -0.05) is 0 Å². The second kappa shape index (κ2) is 9.37. The van der Waals surface area contributed by atoms with Crippen LogP contribution in [0.3, 0.4) is 0 Å². The summed E-state index contributed by atoms with van der Waals surface area (Å²) in [7, 11) is -3.40. The lowest BCUT2D eigenvalue weighted by Crippen LogP contribution is -2.52. The number of urea groups is 1. The minimum atomic E-state index is -3.40. The Morgan fingerprint density at radius 1 is 1.07 bits per heavy atom. The molecule has 1 aromatic carbocycles. The van der Waals surface area contributed by atoms with Crippen LogP contribution in [0.5, 0.6) is 0 Å². The molecule has 1 aromatic rings. The van der Waals surface area contributed by atoms with Crippen LogP contribution in [-0.4, -0.2) is 93.4 Å². The Labute approximate surface area is 169 Å². The number of hydrogen-bond acceptors (Lipinski definition) is 7. The zero-order valence-corrected chi connectivity index (χ0v) is 16.8. The van der Waals surface area contributed by atoms with Gasteiger partial charge in [-0.2, -0.15) is 4.31 Å². The normalized spacial score (nSPS) is 18.5. The van der Waals surface area contributed by atoms with Crippen molar-refractivity contribution in [1.82, 2.24) is 14.5 Å². The molecule has 1 N–H and O–H groups in total. The van der Waals surface area contributed by atoms with Gasteiger partial charge in [0.15, 0.2) is 0 Å². The molecule has 11 nitrogen and oxygen atoms in total. The molecule has 2 heterocycles. The first kappa shape index (κ1) is 21.3. The summed E-state index contributed by atoms with van der Waals surface area (Å²) in [5.74, 6) is -0.137. The predicted octanol–water partition coefficient (Wildman–Crippen LogP) is 0.0884. The number of carbonyl (C=O) groups excluding carboxylic acids is 1. The first-order chi connectivity index (χ1) is 13.9. The van der Waals surface area contributed by atoms with Crippen molar-refractivity contribution in [2.45, 2.75) is 0 Å². The van der Waals surface area contributed by atoms with Crippen LogP contribution >= 0.6 is 0 Å². The highest BCUT2D eigenvalue weighted by molar-refractivity contribution is 7.89. The van der Waals surface area contributed by atoms with Crippen LogP contribution in [0.25, 0.3) is 0 Å². The van der Waals surface area contributed by atoms with Gasteiger partial charge in [0.25, 0.3) is 5.69 Å². The summed E-state index contributed by atoms with van der Waals surface area (Å²) in [6, 6.07) is 6.03. The van der Waals surface area contributed by atoms with Gasteiger partial charge < -0.3 is 19.9 Å². The lowest BCUT2D eigenvalue weighted by Gasteiger charge is -2.36. The van der Waals surface area contributed by atoms with Gasteiger partial charge in [0, 0.05) is 63.6 Å². The third-order valence-corrected chi connectivity index (χ3v) is 6.86. The van der Waals surface area contributed by atoms with Crippen molar-refractivity contribution in [3.63, 3.8) is 0 Å². The molecule has 2 aliphatic rings. The maximum atomic E-state index is 12.3. The highest BCUT2D eigenvalue weighted by Crippen LogP contribution is 2.20. The Morgan fingerprint density at radius 2 is 1.69 bits per heavy atom. The van der Waals surface area contributed by atoms with Gasteiger partial charge in [-0.3, -0.25) is 10.1 Å². The molecule has 0 bridgehead atoms. The zero-order chi connectivity index (χ0) is 20.9. The molecule has 0 atom stereocenters. The van der Waals surface area contributed by atoms with E-state index in [1.165, 1.54) is 16.4 Å². The minimum Gasteiger partial charge on any atom is -0.379 e. The van der Waals surface area contributed by atoms with Crippen LogP contribution in [-0.2, 0) is 14.8 Å². The van der Waals surface area contributed by atoms with Crippen LogP contribution in [0.1, 0.15) is 0 Å². The van der Waals surface area contributed by atoms with Crippen molar-refractivity contribution >= 4 is 27.4 Å². The predicted molar refractivity (Wildman–Crippen MR) is 106 cm³/mol. The van der Waals surface area contributed by atoms with E-state index in [0.29, 0.717) is 52.5 Å². The van der Waals surface area contributed by atoms with Crippen molar-refractivity contribution in [2.24, 2.45) is 0 Å². The number of morpholine rings is 1. The van der Waals surface area contributed by atoms with Crippen LogP contribution < -0.4 is 10.2 Å². The number of nitro benzene ring substituents is 1. The summed E-state index contributed by atoms with van der Waals surface area (Å²) in [6.45, 7) is 3.70. The molecule has 0 saturated carbocycles. The molecule has 12 heteroatoms. The molecule has 29 heavy (non-hydrogen) atoms. The number of benzene rings is 1. The summed E-state index contributed by atoms with van der Waals surface area (Å²) in [5.41, 5.74) is 0.908. The van der Waals surface area contributed by atoms with Crippen molar-refractivity contribution in [2.75, 3.05) is 69.7 Å². The SMILES string of the molecule is O=C(NCCS(=O)(=O)N1CCOCC1)N1CCN(c2ccc([N+](=O)[O-])cc2)CC1. The van der Waals surface area contributed by atoms with E-state index in [-0.39, 0.29) is 24.0 Å². The Bertz CT molecular complexity index is 817. The third kappa shape index (κ3) is 5.55. The fourth-order valence-electron chi connectivity index (χ4n) is 3.31. The molecule has 0 aromatic heterocycles.